The van der Waals surface area contributed by atoms with Crippen molar-refractivity contribution in [3.05, 3.63) is 38.9 Å². The number of aliphatic hydroxyl groups is 1. The highest BCUT2D eigenvalue weighted by atomic mass is 35.5. The number of nitro benzene ring substituents is 1. The van der Waals surface area contributed by atoms with Crippen LogP contribution in [0.2, 0.25) is 5.02 Å². The minimum absolute atomic E-state index is 0.130. The lowest BCUT2D eigenvalue weighted by Crippen LogP contribution is -2.27. The number of amides is 1. The van der Waals surface area contributed by atoms with Crippen molar-refractivity contribution >= 4 is 23.2 Å². The van der Waals surface area contributed by atoms with Crippen molar-refractivity contribution in [3.63, 3.8) is 0 Å². The van der Waals surface area contributed by atoms with E-state index < -0.39 is 16.9 Å². The number of carbonyl (C=O) groups is 1. The van der Waals surface area contributed by atoms with Crippen molar-refractivity contribution in [2.45, 2.75) is 25.9 Å². The van der Waals surface area contributed by atoms with Gasteiger partial charge in [0.05, 0.1) is 11.0 Å². The molecule has 0 aromatic heterocycles. The van der Waals surface area contributed by atoms with Crippen LogP contribution in [0.4, 0.5) is 5.69 Å². The van der Waals surface area contributed by atoms with Crippen LogP contribution in [0.15, 0.2) is 18.2 Å². The fourth-order valence-corrected chi connectivity index (χ4v) is 1.70. The summed E-state index contributed by atoms with van der Waals surface area (Å²) < 4.78 is 0. The second kappa shape index (κ2) is 7.06. The fraction of sp³-hybridized carbons (Fsp3) is 0.417. The molecular formula is C12H15ClN2O4. The predicted molar refractivity (Wildman–Crippen MR) is 71.4 cm³/mol. The lowest BCUT2D eigenvalue weighted by atomic mass is 10.1. The molecule has 0 aliphatic heterocycles. The summed E-state index contributed by atoms with van der Waals surface area (Å²) in [6.45, 7) is 2.14. The molecule has 7 heteroatoms. The van der Waals surface area contributed by atoms with Crippen molar-refractivity contribution < 1.29 is 14.8 Å². The van der Waals surface area contributed by atoms with Crippen LogP contribution in [0, 0.1) is 10.1 Å². The molecule has 0 bridgehead atoms. The number of rotatable bonds is 6. The van der Waals surface area contributed by atoms with Gasteiger partial charge in [0.2, 0.25) is 0 Å². The van der Waals surface area contributed by atoms with Crippen LogP contribution < -0.4 is 5.32 Å². The molecule has 1 aromatic rings. The molecule has 6 nitrogen and oxygen atoms in total. The molecule has 0 spiro atoms. The average molecular weight is 287 g/mol. The van der Waals surface area contributed by atoms with E-state index in [2.05, 4.69) is 5.32 Å². The Morgan fingerprint density at radius 2 is 2.21 bits per heavy atom. The van der Waals surface area contributed by atoms with Crippen LogP contribution in [-0.4, -0.2) is 28.6 Å². The van der Waals surface area contributed by atoms with Gasteiger partial charge in [-0.2, -0.15) is 0 Å². The van der Waals surface area contributed by atoms with Crippen molar-refractivity contribution in [2.24, 2.45) is 0 Å². The molecule has 0 fully saturated rings. The quantitative estimate of drug-likeness (QED) is 0.619. The summed E-state index contributed by atoms with van der Waals surface area (Å²) in [6.07, 6.45) is 0.581. The number of non-ortho nitro benzene ring substituents is 1. The maximum absolute atomic E-state index is 11.8. The Balaban J connectivity index is 2.69. The van der Waals surface area contributed by atoms with E-state index in [1.54, 1.807) is 0 Å². The SMILES string of the molecule is CCC(O)CCNC(=O)c1cc(Cl)cc([N+](=O)[O-])c1. The number of aliphatic hydroxyl groups excluding tert-OH is 1. The Hall–Kier alpha value is -1.66. The van der Waals surface area contributed by atoms with E-state index in [1.807, 2.05) is 6.92 Å². The molecule has 1 rings (SSSR count). The predicted octanol–water partition coefficient (Wildman–Crippen LogP) is 2.14. The zero-order valence-electron chi connectivity index (χ0n) is 10.4. The molecule has 2 N–H and O–H groups in total. The maximum atomic E-state index is 11.8. The van der Waals surface area contributed by atoms with Crippen LogP contribution >= 0.6 is 11.6 Å². The zero-order chi connectivity index (χ0) is 14.4. The summed E-state index contributed by atoms with van der Waals surface area (Å²) in [4.78, 5) is 21.8. The van der Waals surface area contributed by atoms with Crippen LogP contribution in [-0.2, 0) is 0 Å². The molecule has 0 aliphatic rings. The molecule has 0 radical (unpaired) electrons. The van der Waals surface area contributed by atoms with Crippen molar-refractivity contribution in [1.29, 1.82) is 0 Å². The lowest BCUT2D eigenvalue weighted by molar-refractivity contribution is -0.384. The van der Waals surface area contributed by atoms with Gasteiger partial charge in [0.25, 0.3) is 11.6 Å². The Labute approximate surface area is 115 Å². The normalized spacial score (nSPS) is 11.9. The van der Waals surface area contributed by atoms with Crippen LogP contribution in [0.5, 0.6) is 0 Å². The monoisotopic (exact) mass is 286 g/mol. The molecule has 104 valence electrons. The summed E-state index contributed by atoms with van der Waals surface area (Å²) >= 11 is 5.72. The third-order valence-electron chi connectivity index (χ3n) is 2.59. The maximum Gasteiger partial charge on any atom is 0.271 e. The van der Waals surface area contributed by atoms with Gasteiger partial charge in [-0.25, -0.2) is 0 Å². The molecule has 0 saturated carbocycles. The summed E-state index contributed by atoms with van der Waals surface area (Å²) in [5.74, 6) is -0.450. The summed E-state index contributed by atoms with van der Waals surface area (Å²) in [6, 6.07) is 3.71. The number of halogens is 1. The first-order valence-corrected chi connectivity index (χ1v) is 6.23. The Bertz CT molecular complexity index is 479. The topological polar surface area (TPSA) is 92.5 Å². The van der Waals surface area contributed by atoms with Gasteiger partial charge >= 0.3 is 0 Å². The van der Waals surface area contributed by atoms with E-state index >= 15 is 0 Å². The van der Waals surface area contributed by atoms with Gasteiger partial charge in [-0.1, -0.05) is 18.5 Å². The number of carbonyl (C=O) groups excluding carboxylic acids is 1. The van der Waals surface area contributed by atoms with Crippen LogP contribution in [0.25, 0.3) is 0 Å². The van der Waals surface area contributed by atoms with E-state index in [0.29, 0.717) is 19.4 Å². The molecule has 19 heavy (non-hydrogen) atoms. The number of nitrogens with zero attached hydrogens (tertiary/aromatic N) is 1. The smallest absolute Gasteiger partial charge is 0.271 e. The number of hydrogen-bond donors (Lipinski definition) is 2. The van der Waals surface area contributed by atoms with Crippen molar-refractivity contribution in [2.75, 3.05) is 6.54 Å². The first kappa shape index (κ1) is 15.4. The number of nitrogens with one attached hydrogen (secondary N) is 1. The number of benzene rings is 1. The van der Waals surface area contributed by atoms with Gasteiger partial charge in [-0.15, -0.1) is 0 Å². The molecule has 0 saturated heterocycles. The average Bonchev–Trinajstić information content (AvgIpc) is 2.37. The van der Waals surface area contributed by atoms with Crippen LogP contribution in [0.1, 0.15) is 30.1 Å². The summed E-state index contributed by atoms with van der Waals surface area (Å²) in [5.41, 5.74) is -0.101. The third kappa shape index (κ3) is 4.84. The highest BCUT2D eigenvalue weighted by molar-refractivity contribution is 6.31. The number of nitro groups is 1. The summed E-state index contributed by atoms with van der Waals surface area (Å²) in [7, 11) is 0. The largest absolute Gasteiger partial charge is 0.393 e. The zero-order valence-corrected chi connectivity index (χ0v) is 11.2. The third-order valence-corrected chi connectivity index (χ3v) is 2.81. The fourth-order valence-electron chi connectivity index (χ4n) is 1.47. The molecular weight excluding hydrogens is 272 g/mol. The Morgan fingerprint density at radius 3 is 2.79 bits per heavy atom. The number of hydrogen-bond acceptors (Lipinski definition) is 4. The van der Waals surface area contributed by atoms with Gasteiger partial charge in [-0.05, 0) is 18.9 Å². The van der Waals surface area contributed by atoms with E-state index in [0.717, 1.165) is 6.07 Å². The standard InChI is InChI=1S/C12H15ClN2O4/c1-2-11(16)3-4-14-12(17)8-5-9(13)7-10(6-8)15(18)19/h5-7,11,16H,2-4H2,1H3,(H,14,17). The van der Waals surface area contributed by atoms with Crippen molar-refractivity contribution in [3.8, 4) is 0 Å². The Kier molecular flexibility index (Phi) is 5.72. The summed E-state index contributed by atoms with van der Waals surface area (Å²) in [5, 5.41) is 22.7. The van der Waals surface area contributed by atoms with Crippen molar-refractivity contribution in [1.82, 2.24) is 5.32 Å². The van der Waals surface area contributed by atoms with Crippen LogP contribution in [0.3, 0.4) is 0 Å². The Morgan fingerprint density at radius 1 is 1.53 bits per heavy atom. The second-order valence-corrected chi connectivity index (χ2v) is 4.50. The molecule has 1 unspecified atom stereocenters. The molecule has 0 aliphatic carbocycles. The van der Waals surface area contributed by atoms with E-state index in [1.165, 1.54) is 12.1 Å². The van der Waals surface area contributed by atoms with Gasteiger partial charge in [0.1, 0.15) is 0 Å². The highest BCUT2D eigenvalue weighted by Gasteiger charge is 2.14. The first-order chi connectivity index (χ1) is 8.93. The minimum Gasteiger partial charge on any atom is -0.393 e. The molecule has 1 aromatic carbocycles. The van der Waals surface area contributed by atoms with Gasteiger partial charge in [0, 0.05) is 29.3 Å². The lowest BCUT2D eigenvalue weighted by Gasteiger charge is -2.09. The van der Waals surface area contributed by atoms with Gasteiger partial charge in [0.15, 0.2) is 0 Å². The second-order valence-electron chi connectivity index (χ2n) is 4.06. The van der Waals surface area contributed by atoms with Gasteiger partial charge in [-0.3, -0.25) is 14.9 Å². The molecule has 1 amide bonds. The molecule has 1 atom stereocenters. The van der Waals surface area contributed by atoms with Gasteiger partial charge < -0.3 is 10.4 Å². The van der Waals surface area contributed by atoms with E-state index in [4.69, 9.17) is 11.6 Å². The highest BCUT2D eigenvalue weighted by Crippen LogP contribution is 2.20. The van der Waals surface area contributed by atoms with E-state index in [-0.39, 0.29) is 16.3 Å². The van der Waals surface area contributed by atoms with E-state index in [9.17, 15) is 20.0 Å². The molecule has 0 heterocycles. The minimum atomic E-state index is -0.608. The first-order valence-electron chi connectivity index (χ1n) is 5.85.